The van der Waals surface area contributed by atoms with Crippen LogP contribution in [0.3, 0.4) is 0 Å². The molecule has 1 atom stereocenters. The fourth-order valence-electron chi connectivity index (χ4n) is 3.58. The van der Waals surface area contributed by atoms with E-state index in [1.54, 1.807) is 11.3 Å². The van der Waals surface area contributed by atoms with Gasteiger partial charge in [-0.05, 0) is 39.3 Å². The van der Waals surface area contributed by atoms with Crippen LogP contribution in [0, 0.1) is 0 Å². The summed E-state index contributed by atoms with van der Waals surface area (Å²) in [6.07, 6.45) is 4.00. The molecule has 0 aliphatic carbocycles. The Balaban J connectivity index is 0.00000225. The van der Waals surface area contributed by atoms with Crippen molar-refractivity contribution in [3.8, 4) is 0 Å². The monoisotopic (exact) mass is 477 g/mol. The minimum atomic E-state index is 0. The molecular weight excluding hydrogens is 445 g/mol. The Morgan fingerprint density at radius 3 is 2.76 bits per heavy atom. The Morgan fingerprint density at radius 2 is 2.12 bits per heavy atom. The first-order chi connectivity index (χ1) is 11.7. The van der Waals surface area contributed by atoms with Crippen molar-refractivity contribution in [3.05, 3.63) is 16.1 Å². The molecular formula is C18H32IN5S. The molecule has 0 bridgehead atoms. The fraction of sp³-hybridized carbons (Fsp3) is 0.778. The molecule has 1 aromatic heterocycles. The van der Waals surface area contributed by atoms with Crippen molar-refractivity contribution in [1.29, 1.82) is 0 Å². The second-order valence-electron chi connectivity index (χ2n) is 7.13. The summed E-state index contributed by atoms with van der Waals surface area (Å²) in [5.74, 6) is 1.55. The number of aliphatic imine (C=N–C) groups is 1. The first kappa shape index (κ1) is 20.9. The quantitative estimate of drug-likeness (QED) is 0.401. The molecule has 2 aliphatic heterocycles. The van der Waals surface area contributed by atoms with Crippen LogP contribution in [0.5, 0.6) is 0 Å². The molecule has 0 spiro atoms. The zero-order valence-corrected chi connectivity index (χ0v) is 18.8. The normalized spacial score (nSPS) is 21.8. The lowest BCUT2D eigenvalue weighted by atomic mass is 10.2. The number of guanidine groups is 1. The largest absolute Gasteiger partial charge is 0.357 e. The summed E-state index contributed by atoms with van der Waals surface area (Å²) in [6.45, 7) is 12.9. The van der Waals surface area contributed by atoms with Gasteiger partial charge in [-0.1, -0.05) is 13.8 Å². The van der Waals surface area contributed by atoms with Gasteiger partial charge in [0.1, 0.15) is 0 Å². The maximum atomic E-state index is 4.86. The van der Waals surface area contributed by atoms with Gasteiger partial charge >= 0.3 is 0 Å². The zero-order valence-electron chi connectivity index (χ0n) is 15.7. The minimum Gasteiger partial charge on any atom is -0.357 e. The van der Waals surface area contributed by atoms with Gasteiger partial charge < -0.3 is 10.2 Å². The lowest BCUT2D eigenvalue weighted by molar-refractivity contribution is 0.249. The Morgan fingerprint density at radius 1 is 1.36 bits per heavy atom. The van der Waals surface area contributed by atoms with Crippen LogP contribution in [-0.4, -0.2) is 59.5 Å². The molecule has 0 radical (unpaired) electrons. The van der Waals surface area contributed by atoms with E-state index in [0.29, 0.717) is 18.5 Å². The van der Waals surface area contributed by atoms with Gasteiger partial charge in [0, 0.05) is 37.0 Å². The lowest BCUT2D eigenvalue weighted by Crippen LogP contribution is -2.42. The molecule has 2 aliphatic rings. The highest BCUT2D eigenvalue weighted by Gasteiger charge is 2.30. The third-order valence-electron chi connectivity index (χ3n) is 4.91. The van der Waals surface area contributed by atoms with Crippen LogP contribution in [0.2, 0.25) is 0 Å². The summed E-state index contributed by atoms with van der Waals surface area (Å²) in [5, 5.41) is 6.83. The van der Waals surface area contributed by atoms with Gasteiger partial charge in [-0.25, -0.2) is 9.98 Å². The molecule has 142 valence electrons. The molecule has 0 saturated carbocycles. The summed E-state index contributed by atoms with van der Waals surface area (Å²) in [4.78, 5) is 14.7. The average molecular weight is 477 g/mol. The third kappa shape index (κ3) is 5.53. The van der Waals surface area contributed by atoms with Gasteiger partial charge in [-0.2, -0.15) is 0 Å². The number of likely N-dealkylation sites (tertiary alicyclic amines) is 2. The maximum absolute atomic E-state index is 4.86. The molecule has 5 nitrogen and oxygen atoms in total. The number of aromatic nitrogens is 1. The van der Waals surface area contributed by atoms with E-state index < -0.39 is 0 Å². The zero-order chi connectivity index (χ0) is 16.9. The van der Waals surface area contributed by atoms with E-state index in [0.717, 1.165) is 31.3 Å². The standard InChI is InChI=1S/C18H31N5S.HI/c1-4-19-18(20-11-15-13-24-17(21-15)14(2)3)23-10-7-16(12-23)22-8-5-6-9-22;/h13-14,16H,4-12H2,1-3H3,(H,19,20);1H. The summed E-state index contributed by atoms with van der Waals surface area (Å²) in [6, 6.07) is 0.711. The predicted octanol–water partition coefficient (Wildman–Crippen LogP) is 3.52. The van der Waals surface area contributed by atoms with Gasteiger partial charge in [0.15, 0.2) is 5.96 Å². The molecule has 3 heterocycles. The second kappa shape index (κ2) is 10.1. The summed E-state index contributed by atoms with van der Waals surface area (Å²) >= 11 is 1.75. The van der Waals surface area contributed by atoms with Crippen molar-refractivity contribution >= 4 is 41.3 Å². The molecule has 2 fully saturated rings. The molecule has 0 amide bonds. The van der Waals surface area contributed by atoms with Crippen LogP contribution < -0.4 is 5.32 Å². The van der Waals surface area contributed by atoms with E-state index in [4.69, 9.17) is 9.98 Å². The molecule has 3 rings (SSSR count). The third-order valence-corrected chi connectivity index (χ3v) is 6.10. The number of thiazole rings is 1. The Hall–Kier alpha value is -0.410. The van der Waals surface area contributed by atoms with Crippen LogP contribution in [-0.2, 0) is 6.54 Å². The highest BCUT2D eigenvalue weighted by atomic mass is 127. The van der Waals surface area contributed by atoms with E-state index in [9.17, 15) is 0 Å². The summed E-state index contributed by atoms with van der Waals surface area (Å²) in [7, 11) is 0. The SMILES string of the molecule is CCNC(=NCc1csc(C(C)C)n1)N1CCC(N2CCCC2)C1.I. The molecule has 2 saturated heterocycles. The number of halogens is 1. The lowest BCUT2D eigenvalue weighted by Gasteiger charge is -2.25. The van der Waals surface area contributed by atoms with Gasteiger partial charge in [0.2, 0.25) is 0 Å². The first-order valence-electron chi connectivity index (χ1n) is 9.39. The molecule has 1 aromatic rings. The molecule has 0 aromatic carbocycles. The molecule has 1 N–H and O–H groups in total. The topological polar surface area (TPSA) is 43.8 Å². The van der Waals surface area contributed by atoms with E-state index in [2.05, 4.69) is 41.3 Å². The fourth-order valence-corrected chi connectivity index (χ4v) is 4.41. The van der Waals surface area contributed by atoms with Crippen molar-refractivity contribution < 1.29 is 0 Å². The summed E-state index contributed by atoms with van der Waals surface area (Å²) < 4.78 is 0. The van der Waals surface area contributed by atoms with Crippen LogP contribution in [0.15, 0.2) is 10.4 Å². The molecule has 1 unspecified atom stereocenters. The summed E-state index contributed by atoms with van der Waals surface area (Å²) in [5.41, 5.74) is 1.09. The molecule has 25 heavy (non-hydrogen) atoms. The van der Waals surface area contributed by atoms with Crippen LogP contribution in [0.1, 0.15) is 56.7 Å². The van der Waals surface area contributed by atoms with Crippen LogP contribution >= 0.6 is 35.3 Å². The second-order valence-corrected chi connectivity index (χ2v) is 8.02. The predicted molar refractivity (Wildman–Crippen MR) is 117 cm³/mol. The highest BCUT2D eigenvalue weighted by Crippen LogP contribution is 2.21. The highest BCUT2D eigenvalue weighted by molar-refractivity contribution is 14.0. The van der Waals surface area contributed by atoms with Gasteiger partial charge in [-0.3, -0.25) is 4.90 Å². The number of nitrogens with zero attached hydrogens (tertiary/aromatic N) is 4. The Kier molecular flexibility index (Phi) is 8.41. The van der Waals surface area contributed by atoms with Crippen LogP contribution in [0.25, 0.3) is 0 Å². The van der Waals surface area contributed by atoms with Gasteiger partial charge in [0.25, 0.3) is 0 Å². The number of hydrogen-bond acceptors (Lipinski definition) is 4. The van der Waals surface area contributed by atoms with E-state index in [1.165, 1.54) is 37.4 Å². The molecule has 7 heteroatoms. The number of hydrogen-bond donors (Lipinski definition) is 1. The van der Waals surface area contributed by atoms with Gasteiger partial charge in [-0.15, -0.1) is 35.3 Å². The van der Waals surface area contributed by atoms with Crippen molar-refractivity contribution in [2.45, 2.75) is 58.5 Å². The number of nitrogens with one attached hydrogen (secondary N) is 1. The van der Waals surface area contributed by atoms with Crippen molar-refractivity contribution in [2.24, 2.45) is 4.99 Å². The average Bonchev–Trinajstić information content (AvgIpc) is 3.32. The minimum absolute atomic E-state index is 0. The van der Waals surface area contributed by atoms with E-state index in [-0.39, 0.29) is 24.0 Å². The Bertz CT molecular complexity index is 553. The van der Waals surface area contributed by atoms with Crippen molar-refractivity contribution in [2.75, 3.05) is 32.7 Å². The van der Waals surface area contributed by atoms with Crippen molar-refractivity contribution in [1.82, 2.24) is 20.1 Å². The Labute approximate surface area is 173 Å². The van der Waals surface area contributed by atoms with E-state index in [1.807, 2.05) is 0 Å². The smallest absolute Gasteiger partial charge is 0.194 e. The van der Waals surface area contributed by atoms with Gasteiger partial charge in [0.05, 0.1) is 17.2 Å². The maximum Gasteiger partial charge on any atom is 0.194 e. The first-order valence-corrected chi connectivity index (χ1v) is 10.3. The number of rotatable bonds is 5. The van der Waals surface area contributed by atoms with E-state index >= 15 is 0 Å². The van der Waals surface area contributed by atoms with Crippen molar-refractivity contribution in [3.63, 3.8) is 0 Å². The van der Waals surface area contributed by atoms with Crippen LogP contribution in [0.4, 0.5) is 0 Å².